The van der Waals surface area contributed by atoms with E-state index >= 15 is 0 Å². The standard InChI is InChI=1S/C22H31N/c1-6-18-22(4,20-16-12-9-13-17-20)23(5)21(3,7-2)19-14-10-8-11-15-19/h8-17H,6-7,18H2,1-5H3. The lowest BCUT2D eigenvalue weighted by atomic mass is 9.78. The molecule has 2 rings (SSSR count). The molecule has 0 aliphatic rings. The first-order chi connectivity index (χ1) is 11.0. The summed E-state index contributed by atoms with van der Waals surface area (Å²) in [5.74, 6) is 0. The van der Waals surface area contributed by atoms with E-state index in [1.54, 1.807) is 0 Å². The molecule has 0 heterocycles. The Balaban J connectivity index is 2.50. The third-order valence-electron chi connectivity index (χ3n) is 5.70. The fourth-order valence-corrected chi connectivity index (χ4v) is 3.77. The SMILES string of the molecule is CCCC(C)(c1ccccc1)N(C)C(C)(CC)c1ccccc1. The summed E-state index contributed by atoms with van der Waals surface area (Å²) in [6.07, 6.45) is 3.40. The molecule has 2 atom stereocenters. The van der Waals surface area contributed by atoms with Gasteiger partial charge >= 0.3 is 0 Å². The van der Waals surface area contributed by atoms with E-state index in [1.807, 2.05) is 0 Å². The fourth-order valence-electron chi connectivity index (χ4n) is 3.77. The number of hydrogen-bond acceptors (Lipinski definition) is 1. The van der Waals surface area contributed by atoms with Crippen LogP contribution >= 0.6 is 0 Å². The quantitative estimate of drug-likeness (QED) is 0.610. The van der Waals surface area contributed by atoms with E-state index in [1.165, 1.54) is 17.5 Å². The van der Waals surface area contributed by atoms with Crippen molar-refractivity contribution in [1.82, 2.24) is 4.90 Å². The molecule has 0 saturated carbocycles. The Morgan fingerprint density at radius 1 is 0.739 bits per heavy atom. The van der Waals surface area contributed by atoms with Crippen LogP contribution in [0.5, 0.6) is 0 Å². The van der Waals surface area contributed by atoms with Gasteiger partial charge in [-0.1, -0.05) is 80.9 Å². The van der Waals surface area contributed by atoms with Crippen LogP contribution in [0.2, 0.25) is 0 Å². The summed E-state index contributed by atoms with van der Waals surface area (Å²) >= 11 is 0. The summed E-state index contributed by atoms with van der Waals surface area (Å²) in [4.78, 5) is 2.59. The van der Waals surface area contributed by atoms with E-state index in [-0.39, 0.29) is 11.1 Å². The van der Waals surface area contributed by atoms with Gasteiger partial charge in [0.1, 0.15) is 0 Å². The van der Waals surface area contributed by atoms with Gasteiger partial charge in [0.15, 0.2) is 0 Å². The van der Waals surface area contributed by atoms with Crippen LogP contribution in [-0.2, 0) is 11.1 Å². The van der Waals surface area contributed by atoms with Crippen LogP contribution in [0, 0.1) is 0 Å². The van der Waals surface area contributed by atoms with Crippen molar-refractivity contribution >= 4 is 0 Å². The van der Waals surface area contributed by atoms with Crippen LogP contribution in [0.25, 0.3) is 0 Å². The highest BCUT2D eigenvalue weighted by Crippen LogP contribution is 2.42. The van der Waals surface area contributed by atoms with Crippen LogP contribution in [0.4, 0.5) is 0 Å². The molecule has 1 heteroatoms. The van der Waals surface area contributed by atoms with Crippen LogP contribution in [0.15, 0.2) is 60.7 Å². The van der Waals surface area contributed by atoms with E-state index in [2.05, 4.69) is 100 Å². The molecule has 0 radical (unpaired) electrons. The molecule has 0 aliphatic carbocycles. The molecule has 0 bridgehead atoms. The molecule has 0 fully saturated rings. The second-order valence-electron chi connectivity index (χ2n) is 6.94. The second kappa shape index (κ2) is 7.31. The molecule has 0 aromatic heterocycles. The summed E-state index contributed by atoms with van der Waals surface area (Å²) in [6, 6.07) is 21.9. The predicted molar refractivity (Wildman–Crippen MR) is 101 cm³/mol. The molecular weight excluding hydrogens is 278 g/mol. The van der Waals surface area contributed by atoms with Gasteiger partial charge in [-0.15, -0.1) is 0 Å². The third kappa shape index (κ3) is 3.35. The Morgan fingerprint density at radius 3 is 1.57 bits per heavy atom. The van der Waals surface area contributed by atoms with Gasteiger partial charge in [-0.2, -0.15) is 0 Å². The van der Waals surface area contributed by atoms with E-state index in [9.17, 15) is 0 Å². The molecule has 124 valence electrons. The minimum atomic E-state index is 0.0149. The second-order valence-corrected chi connectivity index (χ2v) is 6.94. The summed E-state index contributed by atoms with van der Waals surface area (Å²) < 4.78 is 0. The number of rotatable bonds is 7. The average Bonchev–Trinajstić information content (AvgIpc) is 2.62. The summed E-state index contributed by atoms with van der Waals surface area (Å²) in [5, 5.41) is 0. The van der Waals surface area contributed by atoms with Crippen molar-refractivity contribution in [3.8, 4) is 0 Å². The van der Waals surface area contributed by atoms with Gasteiger partial charge in [0, 0.05) is 11.1 Å². The zero-order chi connectivity index (χ0) is 16.9. The monoisotopic (exact) mass is 309 g/mol. The fraction of sp³-hybridized carbons (Fsp3) is 0.455. The van der Waals surface area contributed by atoms with E-state index in [4.69, 9.17) is 0 Å². The first kappa shape index (κ1) is 17.7. The van der Waals surface area contributed by atoms with Gasteiger partial charge in [-0.25, -0.2) is 0 Å². The molecule has 1 nitrogen and oxygen atoms in total. The van der Waals surface area contributed by atoms with Gasteiger partial charge in [0.2, 0.25) is 0 Å². The molecule has 2 aromatic rings. The van der Waals surface area contributed by atoms with E-state index in [0.717, 1.165) is 12.8 Å². The van der Waals surface area contributed by atoms with Crippen molar-refractivity contribution in [2.45, 2.75) is 58.0 Å². The lowest BCUT2D eigenvalue weighted by molar-refractivity contribution is 0.00622. The number of benzene rings is 2. The Bertz CT molecular complexity index is 592. The topological polar surface area (TPSA) is 3.24 Å². The molecule has 0 amide bonds. The van der Waals surface area contributed by atoms with Crippen molar-refractivity contribution in [2.75, 3.05) is 7.05 Å². The van der Waals surface area contributed by atoms with Gasteiger partial charge in [0.25, 0.3) is 0 Å². The summed E-state index contributed by atoms with van der Waals surface area (Å²) in [5.41, 5.74) is 2.83. The van der Waals surface area contributed by atoms with Gasteiger partial charge in [-0.3, -0.25) is 4.90 Å². The Labute approximate surface area is 142 Å². The van der Waals surface area contributed by atoms with Crippen molar-refractivity contribution in [1.29, 1.82) is 0 Å². The molecule has 0 saturated heterocycles. The van der Waals surface area contributed by atoms with Crippen molar-refractivity contribution < 1.29 is 0 Å². The zero-order valence-corrected chi connectivity index (χ0v) is 15.3. The maximum atomic E-state index is 2.59. The van der Waals surface area contributed by atoms with Crippen molar-refractivity contribution in [3.05, 3.63) is 71.8 Å². The Hall–Kier alpha value is -1.60. The first-order valence-electron chi connectivity index (χ1n) is 8.84. The van der Waals surface area contributed by atoms with E-state index in [0.29, 0.717) is 0 Å². The maximum Gasteiger partial charge on any atom is 0.0438 e. The molecule has 2 unspecified atom stereocenters. The van der Waals surface area contributed by atoms with E-state index < -0.39 is 0 Å². The zero-order valence-electron chi connectivity index (χ0n) is 15.3. The normalized spacial score (nSPS) is 16.8. The lowest BCUT2D eigenvalue weighted by Gasteiger charge is -2.50. The lowest BCUT2D eigenvalue weighted by Crippen LogP contribution is -2.52. The summed E-state index contributed by atoms with van der Waals surface area (Å²) in [6.45, 7) is 9.34. The Kier molecular flexibility index (Phi) is 5.64. The average molecular weight is 309 g/mol. The highest BCUT2D eigenvalue weighted by Gasteiger charge is 2.41. The Morgan fingerprint density at radius 2 is 1.17 bits per heavy atom. The number of nitrogens with zero attached hydrogens (tertiary/aromatic N) is 1. The molecule has 0 aliphatic heterocycles. The third-order valence-corrected chi connectivity index (χ3v) is 5.70. The molecular formula is C22H31N. The first-order valence-corrected chi connectivity index (χ1v) is 8.84. The van der Waals surface area contributed by atoms with Crippen LogP contribution < -0.4 is 0 Å². The molecule has 2 aromatic carbocycles. The minimum absolute atomic E-state index is 0.0149. The largest absolute Gasteiger partial charge is 0.287 e. The van der Waals surface area contributed by atoms with Crippen LogP contribution in [-0.4, -0.2) is 11.9 Å². The highest BCUT2D eigenvalue weighted by molar-refractivity contribution is 5.29. The van der Waals surface area contributed by atoms with Crippen molar-refractivity contribution in [2.24, 2.45) is 0 Å². The smallest absolute Gasteiger partial charge is 0.0438 e. The van der Waals surface area contributed by atoms with Crippen molar-refractivity contribution in [3.63, 3.8) is 0 Å². The predicted octanol–water partition coefficient (Wildman–Crippen LogP) is 5.96. The summed E-state index contributed by atoms with van der Waals surface area (Å²) in [7, 11) is 2.29. The van der Waals surface area contributed by atoms with Gasteiger partial charge in [0.05, 0.1) is 0 Å². The highest BCUT2D eigenvalue weighted by atomic mass is 15.2. The number of hydrogen-bond donors (Lipinski definition) is 0. The molecule has 23 heavy (non-hydrogen) atoms. The molecule has 0 spiro atoms. The van der Waals surface area contributed by atoms with Crippen LogP contribution in [0.3, 0.4) is 0 Å². The molecule has 0 N–H and O–H groups in total. The van der Waals surface area contributed by atoms with Gasteiger partial charge in [-0.05, 0) is 44.9 Å². The minimum Gasteiger partial charge on any atom is -0.287 e. The van der Waals surface area contributed by atoms with Crippen LogP contribution in [0.1, 0.15) is 58.1 Å². The van der Waals surface area contributed by atoms with Gasteiger partial charge < -0.3 is 0 Å². The maximum absolute atomic E-state index is 2.59.